The lowest BCUT2D eigenvalue weighted by atomic mass is 10.1. The van der Waals surface area contributed by atoms with Crippen LogP contribution in [0, 0.1) is 5.82 Å². The highest BCUT2D eigenvalue weighted by molar-refractivity contribution is 7.92. The summed E-state index contributed by atoms with van der Waals surface area (Å²) in [7, 11) is -4.20. The smallest absolute Gasteiger partial charge is 0.264 e. The number of rotatable bonds is 11. The quantitative estimate of drug-likeness (QED) is 0.358. The Morgan fingerprint density at radius 1 is 0.947 bits per heavy atom. The molecular weight excluding hydrogens is 529 g/mol. The fraction of sp³-hybridized carbons (Fsp3) is 0.286. The number of amides is 2. The Kier molecular flexibility index (Phi) is 9.88. The van der Waals surface area contributed by atoms with Crippen LogP contribution in [0.5, 0.6) is 0 Å². The summed E-state index contributed by atoms with van der Waals surface area (Å²) in [4.78, 5) is 27.9. The monoisotopic (exact) mass is 559 g/mol. The van der Waals surface area contributed by atoms with Gasteiger partial charge in [0.2, 0.25) is 11.8 Å². The third-order valence-electron chi connectivity index (χ3n) is 6.19. The number of para-hydroxylation sites is 1. The van der Waals surface area contributed by atoms with E-state index in [2.05, 4.69) is 5.32 Å². The Hall–Kier alpha value is -3.43. The first-order valence-corrected chi connectivity index (χ1v) is 14.0. The summed E-state index contributed by atoms with van der Waals surface area (Å²) in [6.45, 7) is 4.46. The van der Waals surface area contributed by atoms with Crippen LogP contribution in [0.25, 0.3) is 0 Å². The molecule has 0 unspecified atom stereocenters. The molecule has 0 bridgehead atoms. The van der Waals surface area contributed by atoms with E-state index in [9.17, 15) is 22.4 Å². The molecule has 0 aromatic heterocycles. The Morgan fingerprint density at radius 2 is 1.55 bits per heavy atom. The molecule has 0 aliphatic rings. The van der Waals surface area contributed by atoms with Gasteiger partial charge in [0.05, 0.1) is 10.6 Å². The lowest BCUT2D eigenvalue weighted by Crippen LogP contribution is -2.52. The Balaban J connectivity index is 2.01. The number of sulfonamides is 1. The van der Waals surface area contributed by atoms with Gasteiger partial charge >= 0.3 is 0 Å². The first-order valence-electron chi connectivity index (χ1n) is 12.2. The summed E-state index contributed by atoms with van der Waals surface area (Å²) < 4.78 is 42.9. The van der Waals surface area contributed by atoms with Crippen molar-refractivity contribution in [2.24, 2.45) is 0 Å². The van der Waals surface area contributed by atoms with E-state index >= 15 is 0 Å². The first-order chi connectivity index (χ1) is 18.0. The number of carbonyl (C=O) groups excluding carboxylic acids is 2. The second kappa shape index (κ2) is 12.9. The van der Waals surface area contributed by atoms with Gasteiger partial charge in [0, 0.05) is 23.2 Å². The molecule has 1 N–H and O–H groups in total. The molecule has 2 atom stereocenters. The van der Waals surface area contributed by atoms with Crippen LogP contribution >= 0.6 is 11.6 Å². The number of carbonyl (C=O) groups is 2. The fourth-order valence-electron chi connectivity index (χ4n) is 3.72. The van der Waals surface area contributed by atoms with Crippen molar-refractivity contribution < 1.29 is 22.4 Å². The van der Waals surface area contributed by atoms with Gasteiger partial charge in [-0.25, -0.2) is 12.8 Å². The summed E-state index contributed by atoms with van der Waals surface area (Å²) in [6, 6.07) is 18.6. The van der Waals surface area contributed by atoms with E-state index in [1.807, 2.05) is 13.8 Å². The van der Waals surface area contributed by atoms with Crippen LogP contribution < -0.4 is 9.62 Å². The van der Waals surface area contributed by atoms with E-state index in [-0.39, 0.29) is 28.7 Å². The molecule has 10 heteroatoms. The average molecular weight is 560 g/mol. The van der Waals surface area contributed by atoms with Gasteiger partial charge in [0.25, 0.3) is 10.0 Å². The van der Waals surface area contributed by atoms with E-state index in [0.29, 0.717) is 11.4 Å². The van der Waals surface area contributed by atoms with Gasteiger partial charge < -0.3 is 10.2 Å². The van der Waals surface area contributed by atoms with Crippen molar-refractivity contribution in [3.05, 3.63) is 95.3 Å². The average Bonchev–Trinajstić information content (AvgIpc) is 2.91. The number of hydrogen-bond acceptors (Lipinski definition) is 4. The fourth-order valence-corrected chi connectivity index (χ4v) is 5.26. The number of nitrogens with zero attached hydrogens (tertiary/aromatic N) is 2. The van der Waals surface area contributed by atoms with E-state index in [1.54, 1.807) is 36.4 Å². The van der Waals surface area contributed by atoms with E-state index < -0.39 is 40.2 Å². The van der Waals surface area contributed by atoms with Crippen LogP contribution in [0.3, 0.4) is 0 Å². The van der Waals surface area contributed by atoms with Crippen molar-refractivity contribution in [1.29, 1.82) is 0 Å². The number of nitrogens with one attached hydrogen (secondary N) is 1. The van der Waals surface area contributed by atoms with Crippen LogP contribution in [0.2, 0.25) is 5.02 Å². The van der Waals surface area contributed by atoms with Crippen LogP contribution in [0.15, 0.2) is 83.8 Å². The molecule has 3 aromatic carbocycles. The van der Waals surface area contributed by atoms with E-state index in [4.69, 9.17) is 11.6 Å². The van der Waals surface area contributed by atoms with Crippen LogP contribution in [0.4, 0.5) is 10.1 Å². The summed E-state index contributed by atoms with van der Waals surface area (Å²) in [6.07, 6.45) is 0.681. The zero-order chi connectivity index (χ0) is 27.9. The topological polar surface area (TPSA) is 86.8 Å². The lowest BCUT2D eigenvalue weighted by Gasteiger charge is -2.32. The molecular formula is C28H31ClFN3O4S. The Labute approximate surface area is 228 Å². The second-order valence-corrected chi connectivity index (χ2v) is 11.2. The predicted molar refractivity (Wildman–Crippen MR) is 147 cm³/mol. The number of anilines is 1. The van der Waals surface area contributed by atoms with Gasteiger partial charge in [-0.05, 0) is 62.7 Å². The molecule has 0 heterocycles. The van der Waals surface area contributed by atoms with Crippen molar-refractivity contribution in [3.8, 4) is 0 Å². The minimum absolute atomic E-state index is 0.0539. The third-order valence-corrected chi connectivity index (χ3v) is 8.23. The molecule has 3 rings (SSSR count). The highest BCUT2D eigenvalue weighted by Crippen LogP contribution is 2.25. The van der Waals surface area contributed by atoms with Crippen LogP contribution in [-0.4, -0.2) is 43.8 Å². The highest BCUT2D eigenvalue weighted by atomic mass is 35.5. The third kappa shape index (κ3) is 7.11. The largest absolute Gasteiger partial charge is 0.352 e. The first kappa shape index (κ1) is 29.1. The van der Waals surface area contributed by atoms with Gasteiger partial charge in [-0.15, -0.1) is 0 Å². The zero-order valence-corrected chi connectivity index (χ0v) is 23.0. The molecule has 7 nitrogen and oxygen atoms in total. The number of hydrogen-bond donors (Lipinski definition) is 1. The van der Waals surface area contributed by atoms with Gasteiger partial charge in [0.15, 0.2) is 0 Å². The van der Waals surface area contributed by atoms with Crippen LogP contribution in [0.1, 0.15) is 32.8 Å². The van der Waals surface area contributed by atoms with E-state index in [1.165, 1.54) is 54.3 Å². The number of benzene rings is 3. The van der Waals surface area contributed by atoms with Gasteiger partial charge in [-0.1, -0.05) is 54.9 Å². The maximum atomic E-state index is 14.6. The molecule has 0 aliphatic carbocycles. The van der Waals surface area contributed by atoms with E-state index in [0.717, 1.165) is 4.31 Å². The summed E-state index contributed by atoms with van der Waals surface area (Å²) in [5, 5.41) is 3.20. The molecule has 2 amide bonds. The van der Waals surface area contributed by atoms with Gasteiger partial charge in [0.1, 0.15) is 18.4 Å². The Bertz CT molecular complexity index is 1350. The second-order valence-electron chi connectivity index (χ2n) is 8.91. The van der Waals surface area contributed by atoms with Gasteiger partial charge in [-0.3, -0.25) is 13.9 Å². The molecule has 0 fully saturated rings. The predicted octanol–water partition coefficient (Wildman–Crippen LogP) is 5.01. The summed E-state index contributed by atoms with van der Waals surface area (Å²) >= 11 is 5.95. The van der Waals surface area contributed by atoms with Crippen LogP contribution in [-0.2, 0) is 26.2 Å². The van der Waals surface area contributed by atoms with Crippen molar-refractivity contribution in [2.75, 3.05) is 10.8 Å². The standard InChI is InChI=1S/C28H31ClFN3O4S/c1-4-20(2)31-28(35)21(3)32(18-22-10-8-9-13-26(22)30)27(34)19-33(24-11-6-5-7-12-24)38(36,37)25-16-14-23(29)15-17-25/h5-17,20-21H,4,18-19H2,1-3H3,(H,31,35)/t20-,21+/m0/s1. The molecule has 38 heavy (non-hydrogen) atoms. The minimum atomic E-state index is -4.20. The zero-order valence-electron chi connectivity index (χ0n) is 21.5. The summed E-state index contributed by atoms with van der Waals surface area (Å²) in [5.41, 5.74) is 0.467. The highest BCUT2D eigenvalue weighted by Gasteiger charge is 2.33. The van der Waals surface area contributed by atoms with Gasteiger partial charge in [-0.2, -0.15) is 0 Å². The molecule has 0 saturated heterocycles. The van der Waals surface area contributed by atoms with Crippen molar-refractivity contribution >= 4 is 39.1 Å². The normalized spacial score (nSPS) is 12.9. The maximum Gasteiger partial charge on any atom is 0.264 e. The molecule has 0 spiro atoms. The number of halogens is 2. The molecule has 0 saturated carbocycles. The van der Waals surface area contributed by atoms with Crippen molar-refractivity contribution in [1.82, 2.24) is 10.2 Å². The molecule has 202 valence electrons. The summed E-state index contributed by atoms with van der Waals surface area (Å²) in [5.74, 6) is -1.62. The minimum Gasteiger partial charge on any atom is -0.352 e. The van der Waals surface area contributed by atoms with Crippen molar-refractivity contribution in [3.63, 3.8) is 0 Å². The SMILES string of the molecule is CC[C@H](C)NC(=O)[C@@H](C)N(Cc1ccccc1F)C(=O)CN(c1ccccc1)S(=O)(=O)c1ccc(Cl)cc1. The molecule has 0 aliphatic heterocycles. The molecule has 0 radical (unpaired) electrons. The maximum absolute atomic E-state index is 14.6. The van der Waals surface area contributed by atoms with Crippen molar-refractivity contribution in [2.45, 2.75) is 50.7 Å². The molecule has 3 aromatic rings. The lowest BCUT2D eigenvalue weighted by molar-refractivity contribution is -0.139. The Morgan fingerprint density at radius 3 is 2.16 bits per heavy atom.